The topological polar surface area (TPSA) is 109 Å². The maximum Gasteiger partial charge on any atom is 0.229 e. The lowest BCUT2D eigenvalue weighted by atomic mass is 9.84. The van der Waals surface area contributed by atoms with Crippen LogP contribution in [0.1, 0.15) is 61.7 Å². The van der Waals surface area contributed by atoms with E-state index in [2.05, 4.69) is 4.72 Å². The second-order valence-corrected chi connectivity index (χ2v) is 11.2. The lowest BCUT2D eigenvalue weighted by Gasteiger charge is -2.24. The number of rotatable bonds is 9. The molecule has 1 heterocycles. The first-order valence-corrected chi connectivity index (χ1v) is 13.3. The highest BCUT2D eigenvalue weighted by atomic mass is 32.2. The third-order valence-electron chi connectivity index (χ3n) is 5.55. The smallest absolute Gasteiger partial charge is 0.229 e. The monoisotopic (exact) mass is 505 g/mol. The van der Waals surface area contributed by atoms with Gasteiger partial charge in [-0.15, -0.1) is 0 Å². The molecule has 8 nitrogen and oxygen atoms in total. The van der Waals surface area contributed by atoms with Gasteiger partial charge >= 0.3 is 0 Å². The Morgan fingerprint density at radius 3 is 2.40 bits per heavy atom. The van der Waals surface area contributed by atoms with E-state index in [-0.39, 0.29) is 48.4 Å². The fourth-order valence-electron chi connectivity index (χ4n) is 4.05. The van der Waals surface area contributed by atoms with Crippen LogP contribution in [0.25, 0.3) is 0 Å². The predicted octanol–water partition coefficient (Wildman–Crippen LogP) is 4.32. The highest BCUT2D eigenvalue weighted by molar-refractivity contribution is 7.92. The number of hydrogen-bond donors (Lipinski definition) is 2. The van der Waals surface area contributed by atoms with Crippen LogP contribution in [0, 0.1) is 11.2 Å². The molecule has 0 spiro atoms. The van der Waals surface area contributed by atoms with E-state index in [0.29, 0.717) is 29.0 Å². The number of Topliss-reactive ketones (excluding diaryl/α,β-unsaturated/α-hetero) is 1. The highest BCUT2D eigenvalue weighted by Crippen LogP contribution is 2.39. The van der Waals surface area contributed by atoms with E-state index in [0.717, 1.165) is 6.26 Å². The molecule has 0 amide bonds. The van der Waals surface area contributed by atoms with Gasteiger partial charge in [-0.1, -0.05) is 20.8 Å². The number of carbonyl (C=O) groups is 1. The van der Waals surface area contributed by atoms with Crippen molar-refractivity contribution in [1.82, 2.24) is 4.90 Å². The molecule has 0 atom stereocenters. The van der Waals surface area contributed by atoms with Gasteiger partial charge in [0, 0.05) is 12.1 Å². The average molecular weight is 506 g/mol. The second kappa shape index (κ2) is 9.85. The molecule has 3 rings (SSSR count). The first kappa shape index (κ1) is 26.5. The van der Waals surface area contributed by atoms with Crippen LogP contribution in [0.3, 0.4) is 0 Å². The van der Waals surface area contributed by atoms with Crippen LogP contribution in [0.2, 0.25) is 0 Å². The number of ether oxygens (including phenoxy) is 2. The van der Waals surface area contributed by atoms with E-state index in [9.17, 15) is 13.2 Å². The van der Waals surface area contributed by atoms with E-state index in [1.807, 2.05) is 20.8 Å². The fourth-order valence-corrected chi connectivity index (χ4v) is 4.63. The number of nitrogens with one attached hydrogen (secondary N) is 2. The van der Waals surface area contributed by atoms with Gasteiger partial charge in [-0.25, -0.2) is 12.8 Å². The number of benzene rings is 2. The van der Waals surface area contributed by atoms with E-state index in [1.54, 1.807) is 38.1 Å². The number of ketones is 1. The number of sulfonamides is 1. The molecule has 1 aliphatic heterocycles. The van der Waals surface area contributed by atoms with Gasteiger partial charge in [0.25, 0.3) is 0 Å². The molecule has 190 valence electrons. The van der Waals surface area contributed by atoms with Crippen molar-refractivity contribution in [1.29, 1.82) is 5.41 Å². The van der Waals surface area contributed by atoms with E-state index in [1.165, 1.54) is 4.90 Å². The molecule has 10 heteroatoms. The van der Waals surface area contributed by atoms with Crippen molar-refractivity contribution in [3.8, 4) is 11.5 Å². The number of halogens is 1. The van der Waals surface area contributed by atoms with Crippen molar-refractivity contribution >= 4 is 27.3 Å². The standard InChI is InChI=1S/C25H32FN3O5S/c1-7-33-20-12-16-13-29(24(27)21(16)22(26)23(20)34-8-2)14-19(30)15-9-10-18(28-35(6,31)32)17(11-15)25(3,4)5/h9-12,27-28H,7-8,13-14H2,1-6H3. The molecular formula is C25H32FN3O5S. The van der Waals surface area contributed by atoms with Crippen LogP contribution >= 0.6 is 0 Å². The minimum atomic E-state index is -3.50. The average Bonchev–Trinajstić information content (AvgIpc) is 3.04. The van der Waals surface area contributed by atoms with Crippen LogP contribution in [0.15, 0.2) is 24.3 Å². The fraction of sp³-hybridized carbons (Fsp3) is 0.440. The van der Waals surface area contributed by atoms with Crippen molar-refractivity contribution in [2.45, 2.75) is 46.6 Å². The molecule has 0 radical (unpaired) electrons. The summed E-state index contributed by atoms with van der Waals surface area (Å²) in [6.07, 6.45) is 1.07. The molecular weight excluding hydrogens is 473 g/mol. The van der Waals surface area contributed by atoms with Gasteiger partial charge in [0.1, 0.15) is 5.84 Å². The van der Waals surface area contributed by atoms with Crippen LogP contribution in [0.4, 0.5) is 10.1 Å². The minimum Gasteiger partial charge on any atom is -0.490 e. The van der Waals surface area contributed by atoms with Crippen molar-refractivity contribution in [2.75, 3.05) is 30.7 Å². The van der Waals surface area contributed by atoms with Crippen LogP contribution < -0.4 is 14.2 Å². The number of nitrogens with zero attached hydrogens (tertiary/aromatic N) is 1. The van der Waals surface area contributed by atoms with E-state index >= 15 is 4.39 Å². The summed E-state index contributed by atoms with van der Waals surface area (Å²) in [5.41, 5.74) is 1.68. The van der Waals surface area contributed by atoms with Crippen LogP contribution in [0.5, 0.6) is 11.5 Å². The Morgan fingerprint density at radius 1 is 1.17 bits per heavy atom. The van der Waals surface area contributed by atoms with Gasteiger partial charge in [0.05, 0.1) is 37.3 Å². The van der Waals surface area contributed by atoms with Crippen molar-refractivity contribution in [3.63, 3.8) is 0 Å². The number of amidine groups is 1. The Balaban J connectivity index is 1.90. The largest absolute Gasteiger partial charge is 0.490 e. The Hall–Kier alpha value is -3.14. The highest BCUT2D eigenvalue weighted by Gasteiger charge is 2.33. The minimum absolute atomic E-state index is 0.0326. The summed E-state index contributed by atoms with van der Waals surface area (Å²) in [7, 11) is -3.50. The summed E-state index contributed by atoms with van der Waals surface area (Å²) >= 11 is 0. The Bertz CT molecular complexity index is 1270. The molecule has 0 saturated heterocycles. The molecule has 0 aliphatic carbocycles. The molecule has 2 N–H and O–H groups in total. The summed E-state index contributed by atoms with van der Waals surface area (Å²) in [5.74, 6) is -0.792. The van der Waals surface area contributed by atoms with Gasteiger partial charge in [-0.3, -0.25) is 14.9 Å². The maximum absolute atomic E-state index is 15.3. The quantitative estimate of drug-likeness (QED) is 0.492. The van der Waals surface area contributed by atoms with Gasteiger partial charge in [-0.05, 0) is 54.7 Å². The maximum atomic E-state index is 15.3. The van der Waals surface area contributed by atoms with Gasteiger partial charge in [-0.2, -0.15) is 0 Å². The molecule has 0 bridgehead atoms. The summed E-state index contributed by atoms with van der Waals surface area (Å²) in [5, 5.41) is 8.52. The summed E-state index contributed by atoms with van der Waals surface area (Å²) in [6.45, 7) is 9.91. The van der Waals surface area contributed by atoms with Gasteiger partial charge < -0.3 is 14.4 Å². The van der Waals surface area contributed by atoms with Crippen molar-refractivity contribution in [2.24, 2.45) is 0 Å². The molecule has 1 aliphatic rings. The van der Waals surface area contributed by atoms with Crippen molar-refractivity contribution < 1.29 is 27.1 Å². The lowest BCUT2D eigenvalue weighted by Crippen LogP contribution is -2.30. The number of anilines is 1. The molecule has 2 aromatic rings. The first-order valence-electron chi connectivity index (χ1n) is 11.4. The number of hydrogen-bond acceptors (Lipinski definition) is 6. The summed E-state index contributed by atoms with van der Waals surface area (Å²) < 4.78 is 52.3. The summed E-state index contributed by atoms with van der Waals surface area (Å²) in [6, 6.07) is 6.46. The molecule has 0 fully saturated rings. The van der Waals surface area contributed by atoms with Crippen LogP contribution in [-0.4, -0.2) is 51.0 Å². The van der Waals surface area contributed by atoms with E-state index < -0.39 is 21.3 Å². The molecule has 2 aromatic carbocycles. The number of fused-ring (bicyclic) bond motifs is 1. The third-order valence-corrected chi connectivity index (χ3v) is 6.14. The normalized spacial score (nSPS) is 13.6. The van der Waals surface area contributed by atoms with Gasteiger partial charge in [0.15, 0.2) is 23.1 Å². The first-order chi connectivity index (χ1) is 16.3. The van der Waals surface area contributed by atoms with Crippen LogP contribution in [-0.2, 0) is 22.0 Å². The molecule has 0 saturated carbocycles. The number of carbonyl (C=O) groups excluding carboxylic acids is 1. The molecule has 35 heavy (non-hydrogen) atoms. The lowest BCUT2D eigenvalue weighted by molar-refractivity contribution is 0.0962. The third kappa shape index (κ3) is 5.75. The summed E-state index contributed by atoms with van der Waals surface area (Å²) in [4.78, 5) is 14.7. The SMILES string of the molecule is CCOc1cc2c(c(F)c1OCC)C(=N)N(CC(=O)c1ccc(NS(C)(=O)=O)c(C(C)(C)C)c1)C2. The Morgan fingerprint density at radius 2 is 1.83 bits per heavy atom. The zero-order valence-corrected chi connectivity index (χ0v) is 21.7. The molecule has 0 unspecified atom stereocenters. The van der Waals surface area contributed by atoms with E-state index in [4.69, 9.17) is 14.9 Å². The molecule has 0 aromatic heterocycles. The zero-order valence-electron chi connectivity index (χ0n) is 20.9. The Kier molecular flexibility index (Phi) is 7.45. The predicted molar refractivity (Wildman–Crippen MR) is 134 cm³/mol. The zero-order chi connectivity index (χ0) is 26.1. The van der Waals surface area contributed by atoms with Crippen molar-refractivity contribution in [3.05, 3.63) is 52.3 Å². The van der Waals surface area contributed by atoms with Gasteiger partial charge in [0.2, 0.25) is 10.0 Å². The second-order valence-electron chi connectivity index (χ2n) is 9.43. The Labute approximate surface area is 206 Å².